The summed E-state index contributed by atoms with van der Waals surface area (Å²) in [6, 6.07) is 9.75. The van der Waals surface area contributed by atoms with Gasteiger partial charge < -0.3 is 9.94 Å². The zero-order valence-corrected chi connectivity index (χ0v) is 8.27. The SMILES string of the molecule is BC1C(c2ccccc2)=NOC1(B)O. The molecule has 2 atom stereocenters. The molecule has 1 aliphatic heterocycles. The van der Waals surface area contributed by atoms with Crippen molar-refractivity contribution < 1.29 is 9.94 Å². The van der Waals surface area contributed by atoms with Crippen molar-refractivity contribution in [3.63, 3.8) is 0 Å². The van der Waals surface area contributed by atoms with Gasteiger partial charge in [-0.1, -0.05) is 35.5 Å². The fourth-order valence-corrected chi connectivity index (χ4v) is 1.46. The minimum absolute atomic E-state index is 0.107. The Labute approximate surface area is 84.6 Å². The van der Waals surface area contributed by atoms with Gasteiger partial charge in [-0.3, -0.25) is 0 Å². The highest BCUT2D eigenvalue weighted by Crippen LogP contribution is 2.30. The molecule has 0 saturated carbocycles. The number of nitrogens with zero attached hydrogens (tertiary/aromatic N) is 1. The smallest absolute Gasteiger partial charge is 0.198 e. The van der Waals surface area contributed by atoms with Crippen LogP contribution in [0.1, 0.15) is 5.56 Å². The maximum atomic E-state index is 9.76. The summed E-state index contributed by atoms with van der Waals surface area (Å²) < 4.78 is 0. The molecule has 1 N–H and O–H groups in total. The van der Waals surface area contributed by atoms with Crippen LogP contribution in [0.2, 0.25) is 5.82 Å². The van der Waals surface area contributed by atoms with Crippen molar-refractivity contribution in [3.8, 4) is 0 Å². The molecular formula is C9H11B2NO2. The van der Waals surface area contributed by atoms with Crippen LogP contribution in [0.5, 0.6) is 0 Å². The number of benzene rings is 1. The van der Waals surface area contributed by atoms with Crippen molar-refractivity contribution in [2.24, 2.45) is 5.16 Å². The lowest BCUT2D eigenvalue weighted by Crippen LogP contribution is -2.35. The quantitative estimate of drug-likeness (QED) is 0.580. The summed E-state index contributed by atoms with van der Waals surface area (Å²) in [5, 5.41) is 13.7. The van der Waals surface area contributed by atoms with E-state index in [2.05, 4.69) is 5.16 Å². The number of hydrogen-bond acceptors (Lipinski definition) is 3. The second kappa shape index (κ2) is 3.17. The van der Waals surface area contributed by atoms with Crippen LogP contribution < -0.4 is 0 Å². The monoisotopic (exact) mass is 187 g/mol. The van der Waals surface area contributed by atoms with Crippen molar-refractivity contribution >= 4 is 21.4 Å². The van der Waals surface area contributed by atoms with Crippen molar-refractivity contribution in [1.29, 1.82) is 0 Å². The lowest BCUT2D eigenvalue weighted by atomic mass is 9.67. The Morgan fingerprint density at radius 2 is 2.00 bits per heavy atom. The first kappa shape index (κ1) is 9.34. The second-order valence-corrected chi connectivity index (χ2v) is 3.71. The first-order valence-electron chi connectivity index (χ1n) is 4.65. The summed E-state index contributed by atoms with van der Waals surface area (Å²) in [5.74, 6) is -0.107. The summed E-state index contributed by atoms with van der Waals surface area (Å²) in [7, 11) is 3.52. The number of oxime groups is 1. The molecule has 0 bridgehead atoms. The van der Waals surface area contributed by atoms with E-state index in [4.69, 9.17) is 4.84 Å². The summed E-state index contributed by atoms with van der Waals surface area (Å²) in [5.41, 5.74) is 0.624. The van der Waals surface area contributed by atoms with E-state index in [1.807, 2.05) is 38.2 Å². The van der Waals surface area contributed by atoms with Crippen molar-refractivity contribution in [1.82, 2.24) is 0 Å². The van der Waals surface area contributed by atoms with E-state index < -0.39 is 5.69 Å². The van der Waals surface area contributed by atoms with Crippen molar-refractivity contribution in [2.75, 3.05) is 0 Å². The third-order valence-electron chi connectivity index (χ3n) is 2.61. The molecule has 0 fully saturated rings. The summed E-state index contributed by atoms with van der Waals surface area (Å²) in [6.07, 6.45) is 0. The Morgan fingerprint density at radius 3 is 2.50 bits per heavy atom. The van der Waals surface area contributed by atoms with E-state index in [1.165, 1.54) is 0 Å². The van der Waals surface area contributed by atoms with Crippen LogP contribution in [0.25, 0.3) is 0 Å². The molecule has 1 heterocycles. The van der Waals surface area contributed by atoms with E-state index in [-0.39, 0.29) is 5.82 Å². The van der Waals surface area contributed by atoms with Gasteiger partial charge in [0.2, 0.25) is 0 Å². The van der Waals surface area contributed by atoms with Gasteiger partial charge in [0.25, 0.3) is 0 Å². The molecule has 1 aromatic rings. The molecule has 2 unspecified atom stereocenters. The maximum absolute atomic E-state index is 9.76. The van der Waals surface area contributed by atoms with Gasteiger partial charge in [0.15, 0.2) is 13.5 Å². The fourth-order valence-electron chi connectivity index (χ4n) is 1.46. The zero-order chi connectivity index (χ0) is 10.2. The van der Waals surface area contributed by atoms with Gasteiger partial charge >= 0.3 is 0 Å². The first-order chi connectivity index (χ1) is 6.61. The predicted molar refractivity (Wildman–Crippen MR) is 59.9 cm³/mol. The topological polar surface area (TPSA) is 41.8 Å². The third kappa shape index (κ3) is 1.44. The highest BCUT2D eigenvalue weighted by atomic mass is 16.7. The maximum Gasteiger partial charge on any atom is 0.198 e. The van der Waals surface area contributed by atoms with E-state index in [9.17, 15) is 5.11 Å². The molecule has 0 aliphatic carbocycles. The van der Waals surface area contributed by atoms with Crippen LogP contribution in [0.15, 0.2) is 35.5 Å². The second-order valence-electron chi connectivity index (χ2n) is 3.71. The molecule has 0 radical (unpaired) electrons. The van der Waals surface area contributed by atoms with Crippen LogP contribution in [0.4, 0.5) is 0 Å². The normalized spacial score (nSPS) is 30.9. The van der Waals surface area contributed by atoms with Crippen LogP contribution in [-0.4, -0.2) is 32.2 Å². The van der Waals surface area contributed by atoms with Crippen LogP contribution in [0, 0.1) is 0 Å². The largest absolute Gasteiger partial charge is 0.371 e. The van der Waals surface area contributed by atoms with Gasteiger partial charge in [0, 0.05) is 5.82 Å². The fraction of sp³-hybridized carbons (Fsp3) is 0.222. The van der Waals surface area contributed by atoms with E-state index in [0.29, 0.717) is 0 Å². The van der Waals surface area contributed by atoms with Gasteiger partial charge in [-0.25, -0.2) is 0 Å². The van der Waals surface area contributed by atoms with Crippen LogP contribution in [0.3, 0.4) is 0 Å². The van der Waals surface area contributed by atoms with E-state index in [0.717, 1.165) is 11.3 Å². The molecule has 70 valence electrons. The molecule has 1 aromatic carbocycles. The van der Waals surface area contributed by atoms with Crippen LogP contribution in [-0.2, 0) is 4.84 Å². The minimum atomic E-state index is -1.18. The Hall–Kier alpha value is -1.22. The van der Waals surface area contributed by atoms with Crippen molar-refractivity contribution in [2.45, 2.75) is 11.5 Å². The summed E-state index contributed by atoms with van der Waals surface area (Å²) >= 11 is 0. The Bertz CT molecular complexity index is 364. The molecular weight excluding hydrogens is 176 g/mol. The lowest BCUT2D eigenvalue weighted by molar-refractivity contribution is -0.116. The number of aliphatic hydroxyl groups is 1. The van der Waals surface area contributed by atoms with Gasteiger partial charge in [-0.2, -0.15) is 0 Å². The molecule has 0 saturated heterocycles. The van der Waals surface area contributed by atoms with Crippen LogP contribution >= 0.6 is 0 Å². The Kier molecular flexibility index (Phi) is 2.11. The standard InChI is InChI=1S/C9H11B2NO2/c10-8-7(12-14-9(8,11)13)6-4-2-1-3-5-6/h1-5,8,13H,10-11H2. The van der Waals surface area contributed by atoms with E-state index >= 15 is 0 Å². The summed E-state index contributed by atoms with van der Waals surface area (Å²) in [4.78, 5) is 4.96. The molecule has 2 rings (SSSR count). The molecule has 5 heteroatoms. The van der Waals surface area contributed by atoms with Gasteiger partial charge in [-0.05, 0) is 5.56 Å². The molecule has 0 spiro atoms. The average Bonchev–Trinajstić information content (AvgIpc) is 2.44. The number of hydrogen-bond donors (Lipinski definition) is 1. The van der Waals surface area contributed by atoms with Gasteiger partial charge in [0.05, 0.1) is 5.71 Å². The first-order valence-corrected chi connectivity index (χ1v) is 4.65. The molecule has 14 heavy (non-hydrogen) atoms. The zero-order valence-electron chi connectivity index (χ0n) is 8.27. The number of rotatable bonds is 1. The predicted octanol–water partition coefficient (Wildman–Crippen LogP) is -0.878. The lowest BCUT2D eigenvalue weighted by Gasteiger charge is -2.20. The summed E-state index contributed by atoms with van der Waals surface area (Å²) in [6.45, 7) is 0. The molecule has 3 nitrogen and oxygen atoms in total. The molecule has 0 amide bonds. The Balaban J connectivity index is 2.31. The highest BCUT2D eigenvalue weighted by molar-refractivity contribution is 6.35. The van der Waals surface area contributed by atoms with Gasteiger partial charge in [-0.15, -0.1) is 0 Å². The highest BCUT2D eigenvalue weighted by Gasteiger charge is 2.39. The van der Waals surface area contributed by atoms with Crippen molar-refractivity contribution in [3.05, 3.63) is 35.9 Å². The minimum Gasteiger partial charge on any atom is -0.371 e. The molecule has 1 aliphatic rings. The van der Waals surface area contributed by atoms with E-state index in [1.54, 1.807) is 7.85 Å². The molecule has 0 aromatic heterocycles. The van der Waals surface area contributed by atoms with Gasteiger partial charge in [0.1, 0.15) is 7.85 Å². The third-order valence-corrected chi connectivity index (χ3v) is 2.61. The Morgan fingerprint density at radius 1 is 1.36 bits per heavy atom. The average molecular weight is 187 g/mol.